The summed E-state index contributed by atoms with van der Waals surface area (Å²) in [7, 11) is 0. The minimum atomic E-state index is -0.750. The topological polar surface area (TPSA) is 93.2 Å². The Morgan fingerprint density at radius 1 is 1.29 bits per heavy atom. The van der Waals surface area contributed by atoms with E-state index in [0.29, 0.717) is 6.29 Å². The highest BCUT2D eigenvalue weighted by molar-refractivity contribution is 5.82. The number of hydrogen-bond donors (Lipinski definition) is 0. The molecular formula is C14H7FN2O4. The van der Waals surface area contributed by atoms with Crippen LogP contribution in [-0.4, -0.2) is 11.2 Å². The van der Waals surface area contributed by atoms with E-state index in [9.17, 15) is 19.3 Å². The van der Waals surface area contributed by atoms with Crippen molar-refractivity contribution < 1.29 is 18.8 Å². The molecule has 104 valence electrons. The molecule has 0 atom stereocenters. The number of nitro benzene ring substituents is 1. The number of aldehydes is 1. The van der Waals surface area contributed by atoms with Crippen LogP contribution < -0.4 is 4.74 Å². The Hall–Kier alpha value is -3.27. The van der Waals surface area contributed by atoms with Gasteiger partial charge in [-0.3, -0.25) is 14.9 Å². The quantitative estimate of drug-likeness (QED) is 0.488. The van der Waals surface area contributed by atoms with Crippen molar-refractivity contribution in [2.75, 3.05) is 0 Å². The first-order valence-electron chi connectivity index (χ1n) is 5.66. The maximum Gasteiger partial charge on any atom is 0.280 e. The highest BCUT2D eigenvalue weighted by Gasteiger charge is 2.15. The lowest BCUT2D eigenvalue weighted by Gasteiger charge is -2.07. The Balaban J connectivity index is 2.34. The maximum absolute atomic E-state index is 13.7. The molecule has 0 unspecified atom stereocenters. The van der Waals surface area contributed by atoms with Crippen molar-refractivity contribution in [3.05, 3.63) is 63.5 Å². The van der Waals surface area contributed by atoms with Crippen LogP contribution in [0.4, 0.5) is 10.1 Å². The molecule has 7 heteroatoms. The van der Waals surface area contributed by atoms with Gasteiger partial charge >= 0.3 is 0 Å². The summed E-state index contributed by atoms with van der Waals surface area (Å²) in [6, 6.07) is 8.90. The Bertz CT molecular complexity index is 768. The van der Waals surface area contributed by atoms with E-state index in [1.54, 1.807) is 6.07 Å². The Labute approximate surface area is 118 Å². The molecule has 0 bridgehead atoms. The summed E-state index contributed by atoms with van der Waals surface area (Å²) in [6.45, 7) is 0. The van der Waals surface area contributed by atoms with Crippen LogP contribution >= 0.6 is 0 Å². The van der Waals surface area contributed by atoms with Gasteiger partial charge in [0.2, 0.25) is 0 Å². The number of hydrogen-bond acceptors (Lipinski definition) is 5. The van der Waals surface area contributed by atoms with E-state index in [1.165, 1.54) is 18.2 Å². The van der Waals surface area contributed by atoms with Crippen LogP contribution in [0.1, 0.15) is 15.9 Å². The number of benzene rings is 2. The van der Waals surface area contributed by atoms with Crippen LogP contribution in [0, 0.1) is 27.3 Å². The molecule has 6 nitrogen and oxygen atoms in total. The lowest BCUT2D eigenvalue weighted by Crippen LogP contribution is -1.96. The molecule has 0 spiro atoms. The van der Waals surface area contributed by atoms with Gasteiger partial charge in [-0.2, -0.15) is 5.26 Å². The van der Waals surface area contributed by atoms with Crippen LogP contribution in [0.15, 0.2) is 36.4 Å². The Kier molecular flexibility index (Phi) is 3.90. The van der Waals surface area contributed by atoms with E-state index >= 15 is 0 Å². The molecule has 0 heterocycles. The molecule has 0 saturated carbocycles. The van der Waals surface area contributed by atoms with E-state index in [1.807, 2.05) is 0 Å². The van der Waals surface area contributed by atoms with Crippen molar-refractivity contribution >= 4 is 12.0 Å². The zero-order valence-corrected chi connectivity index (χ0v) is 10.4. The largest absolute Gasteiger partial charge is 0.454 e. The van der Waals surface area contributed by atoms with Gasteiger partial charge in [0.25, 0.3) is 5.69 Å². The SMILES string of the molecule is N#Cc1ccc(Oc2ccc([N+](=O)[O-])c(C=O)c2)c(F)c1. The van der Waals surface area contributed by atoms with Gasteiger partial charge < -0.3 is 4.74 Å². The van der Waals surface area contributed by atoms with Crippen molar-refractivity contribution in [2.45, 2.75) is 0 Å². The summed E-state index contributed by atoms with van der Waals surface area (Å²) in [6.07, 6.45) is 0.320. The fraction of sp³-hybridized carbons (Fsp3) is 0. The lowest BCUT2D eigenvalue weighted by molar-refractivity contribution is -0.385. The monoisotopic (exact) mass is 286 g/mol. The maximum atomic E-state index is 13.7. The number of ether oxygens (including phenoxy) is 1. The van der Waals surface area contributed by atoms with Crippen molar-refractivity contribution in [3.8, 4) is 17.6 Å². The highest BCUT2D eigenvalue weighted by Crippen LogP contribution is 2.28. The molecule has 2 rings (SSSR count). The van der Waals surface area contributed by atoms with Crippen molar-refractivity contribution in [1.29, 1.82) is 5.26 Å². The summed E-state index contributed by atoms with van der Waals surface area (Å²) in [5, 5.41) is 19.3. The van der Waals surface area contributed by atoms with Gasteiger partial charge in [0, 0.05) is 6.07 Å². The van der Waals surface area contributed by atoms with E-state index in [-0.39, 0.29) is 28.3 Å². The third-order valence-corrected chi connectivity index (χ3v) is 2.61. The summed E-state index contributed by atoms with van der Waals surface area (Å²) in [5.41, 5.74) is -0.402. The molecule has 2 aromatic carbocycles. The average Bonchev–Trinajstić information content (AvgIpc) is 2.48. The summed E-state index contributed by atoms with van der Waals surface area (Å²) < 4.78 is 18.9. The molecule has 0 aromatic heterocycles. The molecule has 0 aliphatic rings. The van der Waals surface area contributed by atoms with Crippen molar-refractivity contribution in [1.82, 2.24) is 0 Å². The third-order valence-electron chi connectivity index (χ3n) is 2.61. The minimum absolute atomic E-state index is 0.0753. The number of nitro groups is 1. The van der Waals surface area contributed by atoms with E-state index in [2.05, 4.69) is 0 Å². The fourth-order valence-corrected chi connectivity index (χ4v) is 1.64. The van der Waals surface area contributed by atoms with Crippen LogP contribution in [-0.2, 0) is 0 Å². The highest BCUT2D eigenvalue weighted by atomic mass is 19.1. The van der Waals surface area contributed by atoms with Gasteiger partial charge in [-0.1, -0.05) is 0 Å². The Morgan fingerprint density at radius 2 is 2.05 bits per heavy atom. The second-order valence-electron chi connectivity index (χ2n) is 3.95. The first-order chi connectivity index (χ1) is 10.0. The predicted octanol–water partition coefficient (Wildman–Crippen LogP) is 3.21. The summed E-state index contributed by atoms with van der Waals surface area (Å²) >= 11 is 0. The average molecular weight is 286 g/mol. The van der Waals surface area contributed by atoms with Crippen LogP contribution in [0.25, 0.3) is 0 Å². The second-order valence-corrected chi connectivity index (χ2v) is 3.95. The smallest absolute Gasteiger partial charge is 0.280 e. The van der Waals surface area contributed by atoms with Gasteiger partial charge in [0.05, 0.1) is 22.1 Å². The molecule has 0 amide bonds. The van der Waals surface area contributed by atoms with Gasteiger partial charge in [0.15, 0.2) is 17.9 Å². The fourth-order valence-electron chi connectivity index (χ4n) is 1.64. The van der Waals surface area contributed by atoms with E-state index < -0.39 is 10.7 Å². The zero-order valence-electron chi connectivity index (χ0n) is 10.4. The predicted molar refractivity (Wildman–Crippen MR) is 69.7 cm³/mol. The molecule has 0 saturated heterocycles. The second kappa shape index (κ2) is 5.79. The third kappa shape index (κ3) is 3.01. The molecular weight excluding hydrogens is 279 g/mol. The first-order valence-corrected chi connectivity index (χ1v) is 5.66. The Morgan fingerprint density at radius 3 is 2.62 bits per heavy atom. The number of nitrogens with zero attached hydrogens (tertiary/aromatic N) is 2. The lowest BCUT2D eigenvalue weighted by atomic mass is 10.2. The number of carbonyl (C=O) groups is 1. The molecule has 0 aliphatic heterocycles. The molecule has 2 aromatic rings. The van der Waals surface area contributed by atoms with Gasteiger partial charge in [-0.15, -0.1) is 0 Å². The molecule has 0 aliphatic carbocycles. The van der Waals surface area contributed by atoms with Crippen molar-refractivity contribution in [2.24, 2.45) is 0 Å². The molecule has 0 N–H and O–H groups in total. The van der Waals surface area contributed by atoms with Gasteiger partial charge in [0.1, 0.15) is 5.75 Å². The number of halogens is 1. The van der Waals surface area contributed by atoms with Gasteiger partial charge in [-0.05, 0) is 30.3 Å². The summed E-state index contributed by atoms with van der Waals surface area (Å²) in [5.74, 6) is -0.828. The van der Waals surface area contributed by atoms with E-state index in [0.717, 1.165) is 18.2 Å². The minimum Gasteiger partial charge on any atom is -0.454 e. The number of rotatable bonds is 4. The molecule has 0 fully saturated rings. The van der Waals surface area contributed by atoms with E-state index in [4.69, 9.17) is 10.00 Å². The zero-order chi connectivity index (χ0) is 15.4. The van der Waals surface area contributed by atoms with Crippen molar-refractivity contribution in [3.63, 3.8) is 0 Å². The standard InChI is InChI=1S/C14H7FN2O4/c15-12-5-9(7-16)1-4-14(12)21-11-2-3-13(17(19)20)10(6-11)8-18/h1-6,8H. The number of carbonyl (C=O) groups excluding carboxylic acids is 1. The van der Waals surface area contributed by atoms with Gasteiger partial charge in [-0.25, -0.2) is 4.39 Å². The molecule has 21 heavy (non-hydrogen) atoms. The molecule has 0 radical (unpaired) electrons. The van der Waals surface area contributed by atoms with Crippen LogP contribution in [0.2, 0.25) is 0 Å². The van der Waals surface area contributed by atoms with Crippen LogP contribution in [0.3, 0.4) is 0 Å². The number of nitriles is 1. The summed E-state index contributed by atoms with van der Waals surface area (Å²) in [4.78, 5) is 20.8. The first kappa shape index (κ1) is 14.1. The normalized spacial score (nSPS) is 9.71. The van der Waals surface area contributed by atoms with Crippen LogP contribution in [0.5, 0.6) is 11.5 Å².